The number of nitrogens with zero attached hydrogens (tertiary/aromatic N) is 2. The average Bonchev–Trinajstić information content (AvgIpc) is 3.20. The molecule has 0 aliphatic carbocycles. The molecule has 1 aliphatic heterocycles. The smallest absolute Gasteiger partial charge is 0.277 e. The van der Waals surface area contributed by atoms with E-state index < -0.39 is 0 Å². The van der Waals surface area contributed by atoms with E-state index in [1.165, 1.54) is 11.8 Å². The normalized spacial score (nSPS) is 17.4. The molecule has 0 spiro atoms. The van der Waals surface area contributed by atoms with E-state index in [1.54, 1.807) is 0 Å². The maximum absolute atomic E-state index is 12.1. The second-order valence-corrected chi connectivity index (χ2v) is 6.57. The number of nitrogens with one attached hydrogen (secondary N) is 2. The van der Waals surface area contributed by atoms with Crippen molar-refractivity contribution < 1.29 is 9.21 Å². The van der Waals surface area contributed by atoms with E-state index in [0.717, 1.165) is 36.2 Å². The van der Waals surface area contributed by atoms with Crippen molar-refractivity contribution in [2.45, 2.75) is 38.0 Å². The third-order valence-electron chi connectivity index (χ3n) is 3.99. The van der Waals surface area contributed by atoms with Gasteiger partial charge in [-0.05, 0) is 50.4 Å². The summed E-state index contributed by atoms with van der Waals surface area (Å²) in [6, 6.07) is 6.02. The summed E-state index contributed by atoms with van der Waals surface area (Å²) in [7, 11) is 0. The van der Waals surface area contributed by atoms with E-state index in [4.69, 9.17) is 4.42 Å². The predicted octanol–water partition coefficient (Wildman–Crippen LogP) is 2.84. The van der Waals surface area contributed by atoms with Crippen LogP contribution in [0.25, 0.3) is 0 Å². The Morgan fingerprint density at radius 3 is 3.09 bits per heavy atom. The minimum Gasteiger partial charge on any atom is -0.414 e. The molecular formula is C16H20N4O2S. The Balaban J connectivity index is 1.53. The molecule has 1 aromatic heterocycles. The van der Waals surface area contributed by atoms with E-state index in [9.17, 15) is 4.79 Å². The van der Waals surface area contributed by atoms with Crippen molar-refractivity contribution in [3.8, 4) is 0 Å². The molecule has 0 bridgehead atoms. The van der Waals surface area contributed by atoms with Crippen LogP contribution in [-0.4, -0.2) is 28.4 Å². The SMILES string of the molecule is Cc1cccc(NC(=O)CSc2nnc(C3CCCN3)o2)c1C. The molecule has 1 unspecified atom stereocenters. The van der Waals surface area contributed by atoms with Crippen molar-refractivity contribution in [3.05, 3.63) is 35.2 Å². The summed E-state index contributed by atoms with van der Waals surface area (Å²) >= 11 is 1.26. The molecule has 1 aliphatic rings. The molecule has 2 heterocycles. The lowest BCUT2D eigenvalue weighted by Gasteiger charge is -2.09. The molecule has 0 saturated carbocycles. The lowest BCUT2D eigenvalue weighted by Crippen LogP contribution is -2.15. The lowest BCUT2D eigenvalue weighted by atomic mass is 10.1. The van der Waals surface area contributed by atoms with Crippen LogP contribution in [0.4, 0.5) is 5.69 Å². The number of carbonyl (C=O) groups is 1. The van der Waals surface area contributed by atoms with Gasteiger partial charge in [-0.25, -0.2) is 0 Å². The monoisotopic (exact) mass is 332 g/mol. The van der Waals surface area contributed by atoms with E-state index in [1.807, 2.05) is 32.0 Å². The van der Waals surface area contributed by atoms with Gasteiger partial charge in [0.2, 0.25) is 11.8 Å². The van der Waals surface area contributed by atoms with Gasteiger partial charge in [0.25, 0.3) is 5.22 Å². The van der Waals surface area contributed by atoms with Crippen LogP contribution in [0.1, 0.15) is 35.9 Å². The highest BCUT2D eigenvalue weighted by Gasteiger charge is 2.22. The Hall–Kier alpha value is -1.86. The Morgan fingerprint density at radius 2 is 2.30 bits per heavy atom. The van der Waals surface area contributed by atoms with Crippen molar-refractivity contribution in [1.82, 2.24) is 15.5 Å². The quantitative estimate of drug-likeness (QED) is 0.820. The summed E-state index contributed by atoms with van der Waals surface area (Å²) in [5.74, 6) is 0.773. The van der Waals surface area contributed by atoms with Crippen LogP contribution in [0.2, 0.25) is 0 Å². The highest BCUT2D eigenvalue weighted by atomic mass is 32.2. The molecule has 1 saturated heterocycles. The highest BCUT2D eigenvalue weighted by molar-refractivity contribution is 7.99. The Bertz CT molecular complexity index is 695. The molecule has 6 nitrogen and oxygen atoms in total. The van der Waals surface area contributed by atoms with E-state index in [2.05, 4.69) is 20.8 Å². The van der Waals surface area contributed by atoms with Crippen molar-refractivity contribution in [3.63, 3.8) is 0 Å². The zero-order valence-electron chi connectivity index (χ0n) is 13.3. The molecule has 2 N–H and O–H groups in total. The van der Waals surface area contributed by atoms with Crippen molar-refractivity contribution in [1.29, 1.82) is 0 Å². The van der Waals surface area contributed by atoms with Gasteiger partial charge in [0, 0.05) is 5.69 Å². The zero-order valence-corrected chi connectivity index (χ0v) is 14.1. The van der Waals surface area contributed by atoms with Gasteiger partial charge < -0.3 is 15.1 Å². The molecule has 122 valence electrons. The van der Waals surface area contributed by atoms with Gasteiger partial charge in [-0.1, -0.05) is 23.9 Å². The second-order valence-electron chi connectivity index (χ2n) is 5.64. The minimum atomic E-state index is -0.0811. The number of benzene rings is 1. The van der Waals surface area contributed by atoms with Crippen LogP contribution >= 0.6 is 11.8 Å². The number of rotatable bonds is 5. The first-order chi connectivity index (χ1) is 11.1. The summed E-state index contributed by atoms with van der Waals surface area (Å²) in [5.41, 5.74) is 3.08. The number of hydrogen-bond donors (Lipinski definition) is 2. The lowest BCUT2D eigenvalue weighted by molar-refractivity contribution is -0.113. The third kappa shape index (κ3) is 3.92. The van der Waals surface area contributed by atoms with E-state index in [0.29, 0.717) is 11.1 Å². The zero-order chi connectivity index (χ0) is 16.2. The maximum atomic E-state index is 12.1. The fourth-order valence-corrected chi connectivity index (χ4v) is 3.08. The molecule has 1 atom stereocenters. The van der Waals surface area contributed by atoms with Gasteiger partial charge in [-0.2, -0.15) is 0 Å². The molecule has 1 aromatic carbocycles. The first kappa shape index (κ1) is 16.0. The predicted molar refractivity (Wildman–Crippen MR) is 89.5 cm³/mol. The number of hydrogen-bond acceptors (Lipinski definition) is 6. The van der Waals surface area contributed by atoms with Crippen molar-refractivity contribution in [2.75, 3.05) is 17.6 Å². The number of anilines is 1. The molecule has 7 heteroatoms. The van der Waals surface area contributed by atoms with Crippen LogP contribution in [0.15, 0.2) is 27.8 Å². The number of carbonyl (C=O) groups excluding carboxylic acids is 1. The summed E-state index contributed by atoms with van der Waals surface area (Å²) in [6.07, 6.45) is 2.13. The highest BCUT2D eigenvalue weighted by Crippen LogP contribution is 2.25. The van der Waals surface area contributed by atoms with Crippen LogP contribution in [-0.2, 0) is 4.79 Å². The standard InChI is InChI=1S/C16H20N4O2S/c1-10-5-3-6-12(11(10)2)18-14(21)9-23-16-20-19-15(22-16)13-7-4-8-17-13/h3,5-6,13,17H,4,7-9H2,1-2H3,(H,18,21). The molecule has 0 radical (unpaired) electrons. The van der Waals surface area contributed by atoms with Crippen LogP contribution in [0, 0.1) is 13.8 Å². The minimum absolute atomic E-state index is 0.0811. The maximum Gasteiger partial charge on any atom is 0.277 e. The number of thioether (sulfide) groups is 1. The molecule has 3 rings (SSSR count). The fraction of sp³-hybridized carbons (Fsp3) is 0.438. The van der Waals surface area contributed by atoms with Crippen molar-refractivity contribution >= 4 is 23.4 Å². The van der Waals surface area contributed by atoms with Gasteiger partial charge in [-0.15, -0.1) is 10.2 Å². The first-order valence-electron chi connectivity index (χ1n) is 7.69. The summed E-state index contributed by atoms with van der Waals surface area (Å²) < 4.78 is 5.61. The fourth-order valence-electron chi connectivity index (χ4n) is 2.51. The van der Waals surface area contributed by atoms with Crippen LogP contribution in [0.5, 0.6) is 0 Å². The molecule has 2 aromatic rings. The second kappa shape index (κ2) is 7.14. The van der Waals surface area contributed by atoms with Crippen molar-refractivity contribution in [2.24, 2.45) is 0 Å². The Morgan fingerprint density at radius 1 is 1.43 bits per heavy atom. The van der Waals surface area contributed by atoms with Gasteiger partial charge in [0.1, 0.15) is 0 Å². The first-order valence-corrected chi connectivity index (χ1v) is 8.67. The largest absolute Gasteiger partial charge is 0.414 e. The van der Waals surface area contributed by atoms with Gasteiger partial charge in [-0.3, -0.25) is 4.79 Å². The van der Waals surface area contributed by atoms with Gasteiger partial charge in [0.15, 0.2) is 0 Å². The summed E-state index contributed by atoms with van der Waals surface area (Å²) in [4.78, 5) is 12.1. The Labute approximate surface area is 139 Å². The molecule has 23 heavy (non-hydrogen) atoms. The average molecular weight is 332 g/mol. The molecular weight excluding hydrogens is 312 g/mol. The Kier molecular flexibility index (Phi) is 4.97. The van der Waals surface area contributed by atoms with Gasteiger partial charge in [0.05, 0.1) is 11.8 Å². The van der Waals surface area contributed by atoms with Crippen LogP contribution < -0.4 is 10.6 Å². The topological polar surface area (TPSA) is 80.0 Å². The summed E-state index contributed by atoms with van der Waals surface area (Å²) in [6.45, 7) is 5.00. The van der Waals surface area contributed by atoms with E-state index in [-0.39, 0.29) is 17.7 Å². The number of aromatic nitrogens is 2. The van der Waals surface area contributed by atoms with Crippen LogP contribution in [0.3, 0.4) is 0 Å². The number of aryl methyl sites for hydroxylation is 1. The number of amides is 1. The summed E-state index contributed by atoms with van der Waals surface area (Å²) in [5, 5.41) is 14.7. The van der Waals surface area contributed by atoms with E-state index >= 15 is 0 Å². The van der Waals surface area contributed by atoms with Gasteiger partial charge >= 0.3 is 0 Å². The third-order valence-corrected chi connectivity index (χ3v) is 4.80. The molecule has 1 fully saturated rings. The molecule has 1 amide bonds.